The van der Waals surface area contributed by atoms with Crippen LogP contribution in [0.3, 0.4) is 0 Å². The number of amides is 1. The van der Waals surface area contributed by atoms with Gasteiger partial charge in [0.1, 0.15) is 5.01 Å². The number of carbonyl (C=O) groups excluding carboxylic acids is 1. The van der Waals surface area contributed by atoms with Gasteiger partial charge in [0.2, 0.25) is 4.96 Å². The van der Waals surface area contributed by atoms with E-state index >= 15 is 0 Å². The van der Waals surface area contributed by atoms with E-state index in [1.165, 1.54) is 29.5 Å². The highest BCUT2D eigenvalue weighted by molar-refractivity contribution is 7.80. The summed E-state index contributed by atoms with van der Waals surface area (Å²) in [6.07, 6.45) is 0. The van der Waals surface area contributed by atoms with Crippen molar-refractivity contribution in [3.8, 4) is 10.6 Å². The molecule has 12 heteroatoms. The van der Waals surface area contributed by atoms with E-state index in [2.05, 4.69) is 25.9 Å². The Morgan fingerprint density at radius 2 is 1.90 bits per heavy atom. The number of hydrogen-bond acceptors (Lipinski definition) is 8. The smallest absolute Gasteiger partial charge is 0.273 e. The number of nitro groups is 1. The molecular weight excluding hydrogens is 438 g/mol. The van der Waals surface area contributed by atoms with Gasteiger partial charge in [-0.1, -0.05) is 17.4 Å². The number of fused-ring (bicyclic) bond motifs is 1. The Hall–Kier alpha value is -3.77. The fraction of sp³-hybridized carbons (Fsp3) is 0.105. The van der Waals surface area contributed by atoms with Crippen molar-refractivity contribution < 1.29 is 9.72 Å². The lowest BCUT2D eigenvalue weighted by molar-refractivity contribution is -0.385. The topological polar surface area (TPSA) is 127 Å². The van der Waals surface area contributed by atoms with Crippen LogP contribution >= 0.6 is 23.6 Å². The van der Waals surface area contributed by atoms with E-state index in [0.29, 0.717) is 11.3 Å². The van der Waals surface area contributed by atoms with Crippen molar-refractivity contribution in [2.24, 2.45) is 0 Å². The molecule has 0 atom stereocenters. The van der Waals surface area contributed by atoms with Crippen molar-refractivity contribution in [2.45, 2.75) is 13.8 Å². The van der Waals surface area contributed by atoms with Gasteiger partial charge in [-0.3, -0.25) is 20.2 Å². The summed E-state index contributed by atoms with van der Waals surface area (Å²) in [5.74, 6) is 0.183. The van der Waals surface area contributed by atoms with Crippen LogP contribution in [0.15, 0.2) is 42.5 Å². The van der Waals surface area contributed by atoms with Crippen LogP contribution in [-0.4, -0.2) is 35.8 Å². The first-order valence-corrected chi connectivity index (χ1v) is 10.2. The summed E-state index contributed by atoms with van der Waals surface area (Å²) in [6, 6.07) is 11.6. The van der Waals surface area contributed by atoms with Gasteiger partial charge in [-0.05, 0) is 56.4 Å². The number of nitro benzene ring substituents is 1. The van der Waals surface area contributed by atoms with Gasteiger partial charge in [-0.15, -0.1) is 10.2 Å². The van der Waals surface area contributed by atoms with Crippen LogP contribution in [0.2, 0.25) is 0 Å². The van der Waals surface area contributed by atoms with Gasteiger partial charge >= 0.3 is 0 Å². The Morgan fingerprint density at radius 3 is 2.58 bits per heavy atom. The molecule has 0 unspecified atom stereocenters. The van der Waals surface area contributed by atoms with Gasteiger partial charge in [0.15, 0.2) is 10.9 Å². The standard InChI is InChI=1S/C19H15N7O3S2/c1-10-3-4-13(9-15(10)26(28)29)16(27)21-18(30)20-14-7-5-12(6-8-14)17-24-25-11(2)22-23-19(25)31-17/h3-9H,1-2H3,(H2,20,21,27,30). The van der Waals surface area contributed by atoms with E-state index in [4.69, 9.17) is 12.2 Å². The van der Waals surface area contributed by atoms with Gasteiger partial charge in [-0.25, -0.2) is 0 Å². The number of anilines is 1. The molecule has 4 aromatic rings. The van der Waals surface area contributed by atoms with Crippen molar-refractivity contribution >= 4 is 50.9 Å². The predicted molar refractivity (Wildman–Crippen MR) is 120 cm³/mol. The van der Waals surface area contributed by atoms with Crippen molar-refractivity contribution in [3.63, 3.8) is 0 Å². The Balaban J connectivity index is 1.42. The van der Waals surface area contributed by atoms with E-state index in [0.717, 1.165) is 21.4 Å². The first-order chi connectivity index (χ1) is 14.8. The molecule has 4 rings (SSSR count). The SMILES string of the molecule is Cc1ccc(C(=O)NC(=S)Nc2ccc(-c3nn4c(C)nnc4s3)cc2)cc1[N+](=O)[O-]. The van der Waals surface area contributed by atoms with E-state index in [1.807, 2.05) is 19.1 Å². The second-order valence-electron chi connectivity index (χ2n) is 6.59. The van der Waals surface area contributed by atoms with Crippen LogP contribution in [0.5, 0.6) is 0 Å². The highest BCUT2D eigenvalue weighted by Gasteiger charge is 2.16. The normalized spacial score (nSPS) is 10.8. The molecule has 0 aliphatic carbocycles. The third kappa shape index (κ3) is 4.25. The number of aryl methyl sites for hydroxylation is 2. The number of hydrogen-bond donors (Lipinski definition) is 2. The monoisotopic (exact) mass is 453 g/mol. The minimum Gasteiger partial charge on any atom is -0.332 e. The minimum absolute atomic E-state index is 0.0791. The highest BCUT2D eigenvalue weighted by atomic mass is 32.1. The summed E-state index contributed by atoms with van der Waals surface area (Å²) < 4.78 is 1.69. The highest BCUT2D eigenvalue weighted by Crippen LogP contribution is 2.26. The van der Waals surface area contributed by atoms with Crippen LogP contribution in [0.1, 0.15) is 21.7 Å². The first kappa shape index (κ1) is 20.5. The summed E-state index contributed by atoms with van der Waals surface area (Å²) in [5, 5.41) is 29.9. The summed E-state index contributed by atoms with van der Waals surface area (Å²) in [4.78, 5) is 23.6. The zero-order chi connectivity index (χ0) is 22.1. The molecule has 0 aliphatic heterocycles. The lowest BCUT2D eigenvalue weighted by Crippen LogP contribution is -2.34. The third-order valence-corrected chi connectivity index (χ3v) is 5.58. The zero-order valence-corrected chi connectivity index (χ0v) is 18.0. The Kier molecular flexibility index (Phi) is 5.40. The number of aromatic nitrogens is 4. The zero-order valence-electron chi connectivity index (χ0n) is 16.3. The van der Waals surface area contributed by atoms with E-state index in [1.54, 1.807) is 23.6 Å². The van der Waals surface area contributed by atoms with Crippen LogP contribution in [-0.2, 0) is 0 Å². The lowest BCUT2D eigenvalue weighted by Gasteiger charge is -2.10. The quantitative estimate of drug-likeness (QED) is 0.273. The summed E-state index contributed by atoms with van der Waals surface area (Å²) in [6.45, 7) is 3.44. The van der Waals surface area contributed by atoms with Crippen LogP contribution in [0.4, 0.5) is 11.4 Å². The maximum absolute atomic E-state index is 12.4. The molecule has 1 amide bonds. The molecule has 0 aliphatic rings. The molecule has 0 spiro atoms. The van der Waals surface area contributed by atoms with E-state index in [9.17, 15) is 14.9 Å². The fourth-order valence-corrected chi connectivity index (χ4v) is 3.91. The molecule has 156 valence electrons. The number of thiocarbonyl (C=S) groups is 1. The third-order valence-electron chi connectivity index (χ3n) is 4.43. The largest absolute Gasteiger partial charge is 0.332 e. The van der Waals surface area contributed by atoms with Crippen molar-refractivity contribution in [1.82, 2.24) is 25.1 Å². The molecule has 0 bridgehead atoms. The van der Waals surface area contributed by atoms with Crippen LogP contribution < -0.4 is 10.6 Å². The maximum Gasteiger partial charge on any atom is 0.273 e. The van der Waals surface area contributed by atoms with Crippen molar-refractivity contribution in [3.05, 3.63) is 69.5 Å². The number of rotatable bonds is 4. The second kappa shape index (κ2) is 8.16. The van der Waals surface area contributed by atoms with Crippen molar-refractivity contribution in [2.75, 3.05) is 5.32 Å². The predicted octanol–water partition coefficient (Wildman–Crippen LogP) is 3.50. The minimum atomic E-state index is -0.535. The summed E-state index contributed by atoms with van der Waals surface area (Å²) >= 11 is 6.62. The molecule has 2 aromatic carbocycles. The first-order valence-electron chi connectivity index (χ1n) is 8.98. The van der Waals surface area contributed by atoms with E-state index < -0.39 is 10.8 Å². The number of nitrogens with one attached hydrogen (secondary N) is 2. The number of carbonyl (C=O) groups is 1. The summed E-state index contributed by atoms with van der Waals surface area (Å²) in [5.41, 5.74) is 2.07. The van der Waals surface area contributed by atoms with Gasteiger partial charge in [0.05, 0.1) is 4.92 Å². The molecular formula is C19H15N7O3S2. The van der Waals surface area contributed by atoms with Gasteiger partial charge in [-0.2, -0.15) is 9.61 Å². The van der Waals surface area contributed by atoms with Crippen LogP contribution in [0, 0.1) is 24.0 Å². The molecule has 2 heterocycles. The Morgan fingerprint density at radius 1 is 1.16 bits per heavy atom. The second-order valence-corrected chi connectivity index (χ2v) is 7.96. The fourth-order valence-electron chi connectivity index (χ4n) is 2.81. The Labute approximate surface area is 185 Å². The number of nitrogens with zero attached hydrogens (tertiary/aromatic N) is 5. The molecule has 0 saturated heterocycles. The number of benzene rings is 2. The summed E-state index contributed by atoms with van der Waals surface area (Å²) in [7, 11) is 0. The van der Waals surface area contributed by atoms with Crippen LogP contribution in [0.25, 0.3) is 15.5 Å². The molecule has 0 radical (unpaired) electrons. The van der Waals surface area contributed by atoms with Gasteiger partial charge in [0, 0.05) is 28.4 Å². The molecule has 2 aromatic heterocycles. The van der Waals surface area contributed by atoms with E-state index in [-0.39, 0.29) is 16.4 Å². The average Bonchev–Trinajstić information content (AvgIpc) is 3.30. The maximum atomic E-state index is 12.4. The lowest BCUT2D eigenvalue weighted by atomic mass is 10.1. The average molecular weight is 454 g/mol. The van der Waals surface area contributed by atoms with Gasteiger partial charge < -0.3 is 5.32 Å². The Bertz CT molecular complexity index is 1330. The molecule has 31 heavy (non-hydrogen) atoms. The van der Waals surface area contributed by atoms with Gasteiger partial charge in [0.25, 0.3) is 11.6 Å². The molecule has 0 fully saturated rings. The molecule has 0 saturated carbocycles. The molecule has 10 nitrogen and oxygen atoms in total. The van der Waals surface area contributed by atoms with Crippen molar-refractivity contribution in [1.29, 1.82) is 0 Å². The molecule has 2 N–H and O–H groups in total.